The maximum atomic E-state index is 9.61. The number of nitrogens with zero attached hydrogens (tertiary/aromatic N) is 4. The molecule has 0 saturated carbocycles. The fourth-order valence-corrected chi connectivity index (χ4v) is 1.18. The van der Waals surface area contributed by atoms with E-state index in [1.807, 2.05) is 0 Å². The molecular weight excluding hydrogens is 208 g/mol. The van der Waals surface area contributed by atoms with Crippen LogP contribution in [0.5, 0.6) is 0 Å². The Morgan fingerprint density at radius 3 is 1.12 bits per heavy atom. The van der Waals surface area contributed by atoms with Crippen molar-refractivity contribution in [2.45, 2.75) is 0 Å². The molecule has 0 aliphatic heterocycles. The van der Waals surface area contributed by atoms with Crippen molar-refractivity contribution in [2.24, 2.45) is 0 Å². The van der Waals surface area contributed by atoms with Crippen LogP contribution in [0, 0.1) is 0 Å². The minimum atomic E-state index is 0.626. The fraction of sp³-hybridized carbons (Fsp3) is 0.400. The Kier molecular flexibility index (Phi) is 4.08. The Labute approximate surface area is 95.4 Å². The molecule has 0 amide bonds. The molecule has 0 aliphatic rings. The minimum Gasteiger partial charge on any atom is -0.273 e. The molecule has 0 aliphatic carbocycles. The molecule has 16 heavy (non-hydrogen) atoms. The average Bonchev–Trinajstić information content (AvgIpc) is 2.27. The van der Waals surface area contributed by atoms with Crippen LogP contribution in [-0.2, 0) is 0 Å². The Balaban J connectivity index is 2.83. The number of hydrazine groups is 2. The van der Waals surface area contributed by atoms with E-state index < -0.39 is 0 Å². The fourth-order valence-electron chi connectivity index (χ4n) is 1.18. The molecule has 1 aromatic carbocycles. The van der Waals surface area contributed by atoms with Crippen LogP contribution >= 0.6 is 0 Å². The van der Waals surface area contributed by atoms with Gasteiger partial charge in [-0.1, -0.05) is 0 Å². The van der Waals surface area contributed by atoms with E-state index in [4.69, 9.17) is 0 Å². The van der Waals surface area contributed by atoms with Gasteiger partial charge in [0.1, 0.15) is 0 Å². The Bertz CT molecular complexity index is 293. The van der Waals surface area contributed by atoms with Crippen LogP contribution in [-0.4, -0.2) is 48.6 Å². The zero-order valence-electron chi connectivity index (χ0n) is 9.99. The molecule has 0 unspecified atom stereocenters. The molecule has 0 spiro atoms. The molecule has 6 heteroatoms. The first kappa shape index (κ1) is 12.7. The predicted molar refractivity (Wildman–Crippen MR) is 62.3 cm³/mol. The van der Waals surface area contributed by atoms with Gasteiger partial charge in [0.05, 0.1) is 11.4 Å². The first-order chi connectivity index (χ1) is 7.43. The second kappa shape index (κ2) is 5.13. The van der Waals surface area contributed by atoms with E-state index in [1.165, 1.54) is 10.0 Å². The lowest BCUT2D eigenvalue weighted by Gasteiger charge is -2.26. The molecule has 0 fully saturated rings. The number of rotatable bonds is 4. The van der Waals surface area contributed by atoms with Crippen molar-refractivity contribution >= 4 is 11.4 Å². The third-order valence-electron chi connectivity index (χ3n) is 2.07. The normalized spacial score (nSPS) is 11.0. The summed E-state index contributed by atoms with van der Waals surface area (Å²) in [6.07, 6.45) is 0. The summed E-state index contributed by atoms with van der Waals surface area (Å²) in [5, 5.41) is 24.3. The van der Waals surface area contributed by atoms with Crippen molar-refractivity contribution in [3.8, 4) is 0 Å². The minimum absolute atomic E-state index is 0.626. The molecule has 0 heterocycles. The molecule has 0 saturated heterocycles. The van der Waals surface area contributed by atoms with E-state index in [9.17, 15) is 10.4 Å². The van der Waals surface area contributed by atoms with Crippen molar-refractivity contribution < 1.29 is 10.4 Å². The van der Waals surface area contributed by atoms with Crippen LogP contribution in [0.15, 0.2) is 24.3 Å². The van der Waals surface area contributed by atoms with Gasteiger partial charge in [0.15, 0.2) is 0 Å². The highest BCUT2D eigenvalue weighted by atomic mass is 16.6. The van der Waals surface area contributed by atoms with Gasteiger partial charge in [0.2, 0.25) is 0 Å². The quantitative estimate of drug-likeness (QED) is 0.748. The van der Waals surface area contributed by atoms with Gasteiger partial charge in [-0.15, -0.1) is 0 Å². The van der Waals surface area contributed by atoms with Gasteiger partial charge in [0, 0.05) is 28.2 Å². The summed E-state index contributed by atoms with van der Waals surface area (Å²) in [6, 6.07) is 6.84. The lowest BCUT2D eigenvalue weighted by Crippen LogP contribution is -2.34. The lowest BCUT2D eigenvalue weighted by molar-refractivity contribution is 0.107. The van der Waals surface area contributed by atoms with Crippen molar-refractivity contribution in [3.63, 3.8) is 0 Å². The van der Waals surface area contributed by atoms with Crippen LogP contribution in [0.3, 0.4) is 0 Å². The zero-order valence-corrected chi connectivity index (χ0v) is 9.99. The van der Waals surface area contributed by atoms with E-state index in [0.717, 1.165) is 10.3 Å². The second-order valence-electron chi connectivity index (χ2n) is 3.79. The maximum Gasteiger partial charge on any atom is 0.0824 e. The monoisotopic (exact) mass is 226 g/mol. The molecule has 0 atom stereocenters. The highest BCUT2D eigenvalue weighted by Gasteiger charge is 2.08. The van der Waals surface area contributed by atoms with Gasteiger partial charge in [-0.25, -0.2) is 10.0 Å². The van der Waals surface area contributed by atoms with E-state index >= 15 is 0 Å². The Hall–Kier alpha value is -1.34. The molecule has 0 aromatic heterocycles. The molecule has 2 N–H and O–H groups in total. The van der Waals surface area contributed by atoms with E-state index in [1.54, 1.807) is 52.5 Å². The van der Waals surface area contributed by atoms with Crippen molar-refractivity contribution in [2.75, 3.05) is 38.5 Å². The number of benzene rings is 1. The number of hydrogen-bond acceptors (Lipinski definition) is 6. The summed E-state index contributed by atoms with van der Waals surface area (Å²) in [6.45, 7) is 0. The van der Waals surface area contributed by atoms with E-state index in [-0.39, 0.29) is 0 Å². The van der Waals surface area contributed by atoms with Gasteiger partial charge in [-0.05, 0) is 24.3 Å². The Morgan fingerprint density at radius 2 is 0.938 bits per heavy atom. The first-order valence-corrected chi connectivity index (χ1v) is 4.86. The molecule has 90 valence electrons. The topological polar surface area (TPSA) is 53.4 Å². The van der Waals surface area contributed by atoms with Crippen LogP contribution in [0.4, 0.5) is 11.4 Å². The van der Waals surface area contributed by atoms with Crippen molar-refractivity contribution in [3.05, 3.63) is 24.3 Å². The van der Waals surface area contributed by atoms with Crippen LogP contribution in [0.25, 0.3) is 0 Å². The molecule has 0 bridgehead atoms. The zero-order chi connectivity index (χ0) is 12.3. The summed E-state index contributed by atoms with van der Waals surface area (Å²) >= 11 is 0. The summed E-state index contributed by atoms with van der Waals surface area (Å²) in [4.78, 5) is 0. The number of hydrogen-bond donors (Lipinski definition) is 2. The Morgan fingerprint density at radius 1 is 0.688 bits per heavy atom. The maximum absolute atomic E-state index is 9.61. The highest BCUT2D eigenvalue weighted by molar-refractivity contribution is 5.52. The summed E-state index contributed by atoms with van der Waals surface area (Å²) in [5.41, 5.74) is 1.25. The molecule has 1 rings (SSSR count). The van der Waals surface area contributed by atoms with E-state index in [2.05, 4.69) is 0 Å². The van der Waals surface area contributed by atoms with Gasteiger partial charge in [-0.2, -0.15) is 10.3 Å². The second-order valence-corrected chi connectivity index (χ2v) is 3.79. The first-order valence-electron chi connectivity index (χ1n) is 4.86. The standard InChI is InChI=1S/C10H18N4O2/c1-11(2)13(15)9-5-7-10(8-6-9)14(16)12(3)4/h5-8,15-16H,1-4H3. The third kappa shape index (κ3) is 2.83. The largest absolute Gasteiger partial charge is 0.273 e. The van der Waals surface area contributed by atoms with E-state index in [0.29, 0.717) is 11.4 Å². The summed E-state index contributed by atoms with van der Waals surface area (Å²) in [5.74, 6) is 0. The van der Waals surface area contributed by atoms with Crippen LogP contribution in [0.1, 0.15) is 0 Å². The highest BCUT2D eigenvalue weighted by Crippen LogP contribution is 2.19. The molecular formula is C10H18N4O2. The van der Waals surface area contributed by atoms with Gasteiger partial charge in [0.25, 0.3) is 0 Å². The smallest absolute Gasteiger partial charge is 0.0824 e. The molecule has 0 radical (unpaired) electrons. The number of anilines is 2. The van der Waals surface area contributed by atoms with Crippen LogP contribution < -0.4 is 10.3 Å². The summed E-state index contributed by atoms with van der Waals surface area (Å²) < 4.78 is 0. The average molecular weight is 226 g/mol. The lowest BCUT2D eigenvalue weighted by atomic mass is 10.3. The predicted octanol–water partition coefficient (Wildman–Crippen LogP) is 1.03. The van der Waals surface area contributed by atoms with Gasteiger partial charge >= 0.3 is 0 Å². The third-order valence-corrected chi connectivity index (χ3v) is 2.07. The van der Waals surface area contributed by atoms with Crippen molar-refractivity contribution in [1.29, 1.82) is 0 Å². The molecule has 1 aromatic rings. The van der Waals surface area contributed by atoms with Crippen molar-refractivity contribution in [1.82, 2.24) is 10.0 Å². The van der Waals surface area contributed by atoms with Gasteiger partial charge < -0.3 is 0 Å². The summed E-state index contributed by atoms with van der Waals surface area (Å²) in [7, 11) is 6.91. The van der Waals surface area contributed by atoms with Crippen LogP contribution in [0.2, 0.25) is 0 Å². The molecule has 6 nitrogen and oxygen atoms in total. The van der Waals surface area contributed by atoms with Gasteiger partial charge in [-0.3, -0.25) is 10.4 Å². The SMILES string of the molecule is CN(C)N(O)c1ccc(N(O)N(C)C)cc1.